The van der Waals surface area contributed by atoms with Crippen molar-refractivity contribution in [1.82, 2.24) is 14.9 Å². The van der Waals surface area contributed by atoms with Gasteiger partial charge in [0.15, 0.2) is 0 Å². The topological polar surface area (TPSA) is 41.1 Å². The SMILES string of the molecule is CN1Cc2ccccc2COC[C@H]1Cc1ncc(-c2ccccc2)[nH]1. The van der Waals surface area contributed by atoms with E-state index in [0.29, 0.717) is 19.3 Å². The molecule has 25 heavy (non-hydrogen) atoms. The predicted molar refractivity (Wildman–Crippen MR) is 99.1 cm³/mol. The summed E-state index contributed by atoms with van der Waals surface area (Å²) in [7, 11) is 2.16. The molecule has 1 aliphatic heterocycles. The van der Waals surface area contributed by atoms with Crippen molar-refractivity contribution in [2.24, 2.45) is 0 Å². The first-order chi connectivity index (χ1) is 12.3. The van der Waals surface area contributed by atoms with Crippen LogP contribution >= 0.6 is 0 Å². The Morgan fingerprint density at radius 1 is 1.08 bits per heavy atom. The van der Waals surface area contributed by atoms with E-state index >= 15 is 0 Å². The average molecular weight is 333 g/mol. The summed E-state index contributed by atoms with van der Waals surface area (Å²) in [6.07, 6.45) is 2.77. The smallest absolute Gasteiger partial charge is 0.108 e. The van der Waals surface area contributed by atoms with Gasteiger partial charge in [0, 0.05) is 19.0 Å². The molecule has 1 aromatic heterocycles. The molecule has 0 radical (unpaired) electrons. The van der Waals surface area contributed by atoms with Crippen molar-refractivity contribution >= 4 is 0 Å². The van der Waals surface area contributed by atoms with Gasteiger partial charge in [-0.15, -0.1) is 0 Å². The molecule has 0 saturated carbocycles. The van der Waals surface area contributed by atoms with Crippen molar-refractivity contribution in [3.05, 3.63) is 77.7 Å². The van der Waals surface area contributed by atoms with Gasteiger partial charge in [0.1, 0.15) is 5.82 Å². The molecule has 1 aliphatic rings. The summed E-state index contributed by atoms with van der Waals surface area (Å²) in [5, 5.41) is 0. The second-order valence-corrected chi connectivity index (χ2v) is 6.67. The van der Waals surface area contributed by atoms with Gasteiger partial charge in [-0.1, -0.05) is 54.6 Å². The first-order valence-corrected chi connectivity index (χ1v) is 8.73. The largest absolute Gasteiger partial charge is 0.375 e. The molecule has 0 amide bonds. The molecule has 2 aromatic carbocycles. The van der Waals surface area contributed by atoms with E-state index in [1.165, 1.54) is 11.1 Å². The fourth-order valence-electron chi connectivity index (χ4n) is 3.35. The predicted octanol–water partition coefficient (Wildman–Crippen LogP) is 3.65. The molecule has 4 rings (SSSR count). The molecule has 0 fully saturated rings. The molecule has 4 heteroatoms. The van der Waals surface area contributed by atoms with Gasteiger partial charge in [0.05, 0.1) is 25.1 Å². The van der Waals surface area contributed by atoms with Crippen LogP contribution in [0.15, 0.2) is 60.8 Å². The summed E-state index contributed by atoms with van der Waals surface area (Å²) in [5.74, 6) is 1.01. The molecule has 1 N–H and O–H groups in total. The number of benzene rings is 2. The molecule has 0 aliphatic carbocycles. The quantitative estimate of drug-likeness (QED) is 0.795. The number of hydrogen-bond acceptors (Lipinski definition) is 3. The van der Waals surface area contributed by atoms with Crippen molar-refractivity contribution in [2.45, 2.75) is 25.6 Å². The van der Waals surface area contributed by atoms with Crippen LogP contribution in [-0.4, -0.2) is 34.6 Å². The maximum absolute atomic E-state index is 5.96. The molecule has 4 nitrogen and oxygen atoms in total. The fourth-order valence-corrected chi connectivity index (χ4v) is 3.35. The summed E-state index contributed by atoms with van der Waals surface area (Å²) in [6.45, 7) is 2.34. The average Bonchev–Trinajstić information content (AvgIpc) is 3.10. The van der Waals surface area contributed by atoms with E-state index in [9.17, 15) is 0 Å². The number of imidazole rings is 1. The maximum atomic E-state index is 5.96. The Balaban J connectivity index is 1.48. The van der Waals surface area contributed by atoms with Gasteiger partial charge in [-0.3, -0.25) is 4.90 Å². The van der Waals surface area contributed by atoms with Crippen LogP contribution in [-0.2, 0) is 24.3 Å². The van der Waals surface area contributed by atoms with Gasteiger partial charge in [0.2, 0.25) is 0 Å². The fraction of sp³-hybridized carbons (Fsp3) is 0.286. The minimum absolute atomic E-state index is 0.308. The minimum Gasteiger partial charge on any atom is -0.375 e. The zero-order chi connectivity index (χ0) is 17.1. The minimum atomic E-state index is 0.308. The number of fused-ring (bicyclic) bond motifs is 1. The van der Waals surface area contributed by atoms with Crippen LogP contribution in [0.1, 0.15) is 17.0 Å². The lowest BCUT2D eigenvalue weighted by Gasteiger charge is -2.30. The van der Waals surface area contributed by atoms with Crippen LogP contribution in [0.5, 0.6) is 0 Å². The number of aromatic amines is 1. The lowest BCUT2D eigenvalue weighted by molar-refractivity contribution is 0.0477. The number of aromatic nitrogens is 2. The van der Waals surface area contributed by atoms with E-state index in [2.05, 4.69) is 58.3 Å². The number of nitrogens with zero attached hydrogens (tertiary/aromatic N) is 2. The summed E-state index contributed by atoms with van der Waals surface area (Å²) >= 11 is 0. The van der Waals surface area contributed by atoms with Crippen molar-refractivity contribution in [3.63, 3.8) is 0 Å². The van der Waals surface area contributed by atoms with Gasteiger partial charge >= 0.3 is 0 Å². The van der Waals surface area contributed by atoms with E-state index in [4.69, 9.17) is 4.74 Å². The van der Waals surface area contributed by atoms with Crippen molar-refractivity contribution in [3.8, 4) is 11.3 Å². The van der Waals surface area contributed by atoms with Crippen LogP contribution in [0.25, 0.3) is 11.3 Å². The number of hydrogen-bond donors (Lipinski definition) is 1. The summed E-state index contributed by atoms with van der Waals surface area (Å²) in [4.78, 5) is 10.4. The third-order valence-corrected chi connectivity index (χ3v) is 4.87. The van der Waals surface area contributed by atoms with Crippen LogP contribution in [0.2, 0.25) is 0 Å². The number of ether oxygens (including phenoxy) is 1. The molecule has 2 heterocycles. The standard InChI is InChI=1S/C21H23N3O/c1-24-13-17-9-5-6-10-18(17)14-25-15-19(24)11-21-22-12-20(23-21)16-7-3-2-4-8-16/h2-10,12,19H,11,13-15H2,1H3,(H,22,23)/t19-/m1/s1. The highest BCUT2D eigenvalue weighted by Crippen LogP contribution is 2.20. The van der Waals surface area contributed by atoms with Crippen LogP contribution < -0.4 is 0 Å². The molecule has 0 saturated heterocycles. The Morgan fingerprint density at radius 3 is 2.68 bits per heavy atom. The molecule has 0 bridgehead atoms. The second kappa shape index (κ2) is 7.21. The number of nitrogens with one attached hydrogen (secondary N) is 1. The molecule has 128 valence electrons. The number of likely N-dealkylation sites (N-methyl/N-ethyl adjacent to an activating group) is 1. The zero-order valence-corrected chi connectivity index (χ0v) is 14.5. The van der Waals surface area contributed by atoms with E-state index in [1.54, 1.807) is 0 Å². The third-order valence-electron chi connectivity index (χ3n) is 4.87. The lowest BCUT2D eigenvalue weighted by Crippen LogP contribution is -2.38. The third kappa shape index (κ3) is 3.65. The molecule has 1 atom stereocenters. The Kier molecular flexibility index (Phi) is 4.63. The second-order valence-electron chi connectivity index (χ2n) is 6.67. The van der Waals surface area contributed by atoms with Crippen molar-refractivity contribution in [2.75, 3.05) is 13.7 Å². The molecule has 0 unspecified atom stereocenters. The Hall–Kier alpha value is -2.43. The number of rotatable bonds is 3. The van der Waals surface area contributed by atoms with E-state index in [0.717, 1.165) is 30.0 Å². The van der Waals surface area contributed by atoms with Crippen LogP contribution in [0.3, 0.4) is 0 Å². The normalized spacial score (nSPS) is 18.4. The molecule has 0 spiro atoms. The Bertz CT molecular complexity index is 828. The van der Waals surface area contributed by atoms with Gasteiger partial charge in [0.25, 0.3) is 0 Å². The van der Waals surface area contributed by atoms with Gasteiger partial charge < -0.3 is 9.72 Å². The van der Waals surface area contributed by atoms with E-state index in [-0.39, 0.29) is 0 Å². The monoisotopic (exact) mass is 333 g/mol. The first kappa shape index (κ1) is 16.1. The van der Waals surface area contributed by atoms with Crippen molar-refractivity contribution < 1.29 is 4.74 Å². The summed E-state index contributed by atoms with van der Waals surface area (Å²) < 4.78 is 5.96. The van der Waals surface area contributed by atoms with Crippen molar-refractivity contribution in [1.29, 1.82) is 0 Å². The van der Waals surface area contributed by atoms with E-state index in [1.807, 2.05) is 24.4 Å². The highest BCUT2D eigenvalue weighted by atomic mass is 16.5. The van der Waals surface area contributed by atoms with Gasteiger partial charge in [-0.2, -0.15) is 0 Å². The molecular weight excluding hydrogens is 310 g/mol. The lowest BCUT2D eigenvalue weighted by atomic mass is 10.0. The van der Waals surface area contributed by atoms with Crippen LogP contribution in [0, 0.1) is 0 Å². The highest BCUT2D eigenvalue weighted by molar-refractivity contribution is 5.58. The Morgan fingerprint density at radius 2 is 1.84 bits per heavy atom. The first-order valence-electron chi connectivity index (χ1n) is 8.73. The molecular formula is C21H23N3O. The maximum Gasteiger partial charge on any atom is 0.108 e. The van der Waals surface area contributed by atoms with Crippen LogP contribution in [0.4, 0.5) is 0 Å². The van der Waals surface area contributed by atoms with Gasteiger partial charge in [-0.25, -0.2) is 4.98 Å². The zero-order valence-electron chi connectivity index (χ0n) is 14.5. The number of H-pyrrole nitrogens is 1. The Labute approximate surface area is 148 Å². The van der Waals surface area contributed by atoms with E-state index < -0.39 is 0 Å². The molecule has 3 aromatic rings. The summed E-state index contributed by atoms with van der Waals surface area (Å²) in [5.41, 5.74) is 4.86. The van der Waals surface area contributed by atoms with Gasteiger partial charge in [-0.05, 0) is 23.7 Å². The highest BCUT2D eigenvalue weighted by Gasteiger charge is 2.21. The summed E-state index contributed by atoms with van der Waals surface area (Å²) in [6, 6.07) is 19.1.